The first-order valence-corrected chi connectivity index (χ1v) is 6.54. The lowest BCUT2D eigenvalue weighted by Crippen LogP contribution is -1.97. The fraction of sp³-hybridized carbons (Fsp3) is 0.0625. The van der Waals surface area contributed by atoms with Gasteiger partial charge in [0.15, 0.2) is 5.78 Å². The molecule has 0 bridgehead atoms. The minimum atomic E-state index is -0.482. The van der Waals surface area contributed by atoms with Crippen LogP contribution in [0.25, 0.3) is 0 Å². The largest absolute Gasteiger partial charge is 0.497 e. The number of rotatable bonds is 5. The molecule has 21 heavy (non-hydrogen) atoms. The molecule has 2 aromatic carbocycles. The summed E-state index contributed by atoms with van der Waals surface area (Å²) < 4.78 is 18.5. The monoisotopic (exact) mass is 305 g/mol. The summed E-state index contributed by atoms with van der Waals surface area (Å²) in [4.78, 5) is 11.9. The second kappa shape index (κ2) is 6.90. The van der Waals surface area contributed by atoms with E-state index < -0.39 is 5.82 Å². The summed E-state index contributed by atoms with van der Waals surface area (Å²) in [6.07, 6.45) is 2.72. The highest BCUT2D eigenvalue weighted by Gasteiger charge is 2.03. The van der Waals surface area contributed by atoms with Crippen LogP contribution in [0.2, 0.25) is 5.02 Å². The third kappa shape index (κ3) is 4.07. The molecule has 0 aliphatic rings. The summed E-state index contributed by atoms with van der Waals surface area (Å²) >= 11 is 5.66. The summed E-state index contributed by atoms with van der Waals surface area (Å²) in [5.41, 5.74) is 0.767. The van der Waals surface area contributed by atoms with E-state index in [4.69, 9.17) is 16.3 Å². The van der Waals surface area contributed by atoms with Gasteiger partial charge in [-0.1, -0.05) is 11.6 Å². The molecule has 3 nitrogen and oxygen atoms in total. The van der Waals surface area contributed by atoms with Crippen molar-refractivity contribution in [3.05, 3.63) is 71.1 Å². The van der Waals surface area contributed by atoms with Crippen molar-refractivity contribution in [2.45, 2.75) is 0 Å². The Morgan fingerprint density at radius 1 is 1.24 bits per heavy atom. The minimum absolute atomic E-state index is 0.195. The minimum Gasteiger partial charge on any atom is -0.497 e. The van der Waals surface area contributed by atoms with Gasteiger partial charge in [0.25, 0.3) is 0 Å². The van der Waals surface area contributed by atoms with Crippen molar-refractivity contribution in [3.8, 4) is 5.75 Å². The van der Waals surface area contributed by atoms with Crippen LogP contribution in [-0.2, 0) is 0 Å². The maximum atomic E-state index is 13.5. The number of hydrogen-bond acceptors (Lipinski definition) is 3. The fourth-order valence-corrected chi connectivity index (χ4v) is 1.82. The normalized spacial score (nSPS) is 10.6. The molecule has 0 atom stereocenters. The van der Waals surface area contributed by atoms with E-state index in [-0.39, 0.29) is 11.5 Å². The number of ether oxygens (including phenoxy) is 1. The van der Waals surface area contributed by atoms with E-state index in [1.54, 1.807) is 37.4 Å². The molecular weight excluding hydrogens is 293 g/mol. The molecule has 2 aromatic rings. The van der Waals surface area contributed by atoms with Gasteiger partial charge in [-0.25, -0.2) is 4.39 Å². The number of halogens is 2. The van der Waals surface area contributed by atoms with Crippen LogP contribution in [0.1, 0.15) is 10.4 Å². The third-order valence-corrected chi connectivity index (χ3v) is 3.01. The molecule has 0 heterocycles. The topological polar surface area (TPSA) is 38.3 Å². The van der Waals surface area contributed by atoms with Crippen molar-refractivity contribution in [3.63, 3.8) is 0 Å². The Labute approximate surface area is 127 Å². The predicted octanol–water partition coefficient (Wildman–Crippen LogP) is 4.30. The van der Waals surface area contributed by atoms with Crippen LogP contribution < -0.4 is 10.1 Å². The average molecular weight is 306 g/mol. The highest BCUT2D eigenvalue weighted by molar-refractivity contribution is 6.30. The molecule has 0 saturated carbocycles. The quantitative estimate of drug-likeness (QED) is 0.661. The second-order valence-corrected chi connectivity index (χ2v) is 4.63. The lowest BCUT2D eigenvalue weighted by Gasteiger charge is -2.03. The van der Waals surface area contributed by atoms with Gasteiger partial charge in [0, 0.05) is 22.9 Å². The van der Waals surface area contributed by atoms with Gasteiger partial charge in [0.1, 0.15) is 11.6 Å². The molecule has 0 spiro atoms. The zero-order chi connectivity index (χ0) is 15.2. The average Bonchev–Trinajstić information content (AvgIpc) is 2.49. The Hall–Kier alpha value is -2.33. The van der Waals surface area contributed by atoms with Crippen LogP contribution in [0.15, 0.2) is 54.7 Å². The number of nitrogens with one attached hydrogen (secondary N) is 1. The van der Waals surface area contributed by atoms with E-state index in [1.165, 1.54) is 24.4 Å². The molecule has 2 rings (SSSR count). The number of ketones is 1. The highest BCUT2D eigenvalue weighted by atomic mass is 35.5. The maximum Gasteiger partial charge on any atom is 0.187 e. The van der Waals surface area contributed by atoms with Crippen molar-refractivity contribution in [1.29, 1.82) is 0 Å². The van der Waals surface area contributed by atoms with Gasteiger partial charge < -0.3 is 10.1 Å². The van der Waals surface area contributed by atoms with Crippen molar-refractivity contribution >= 4 is 23.1 Å². The molecule has 0 aromatic heterocycles. The van der Waals surface area contributed by atoms with Crippen LogP contribution in [0, 0.1) is 5.82 Å². The lowest BCUT2D eigenvalue weighted by atomic mass is 10.1. The van der Waals surface area contributed by atoms with Gasteiger partial charge in [0.05, 0.1) is 12.8 Å². The van der Waals surface area contributed by atoms with E-state index in [0.29, 0.717) is 16.3 Å². The number of methoxy groups -OCH3 is 1. The summed E-state index contributed by atoms with van der Waals surface area (Å²) in [6.45, 7) is 0. The third-order valence-electron chi connectivity index (χ3n) is 2.78. The van der Waals surface area contributed by atoms with Crippen molar-refractivity contribution in [2.24, 2.45) is 0 Å². The second-order valence-electron chi connectivity index (χ2n) is 4.19. The van der Waals surface area contributed by atoms with Gasteiger partial charge in [-0.2, -0.15) is 0 Å². The van der Waals surface area contributed by atoms with Crippen LogP contribution in [0.3, 0.4) is 0 Å². The van der Waals surface area contributed by atoms with Crippen LogP contribution >= 0.6 is 11.6 Å². The smallest absolute Gasteiger partial charge is 0.187 e. The van der Waals surface area contributed by atoms with Crippen molar-refractivity contribution < 1.29 is 13.9 Å². The molecule has 1 N–H and O–H groups in total. The van der Waals surface area contributed by atoms with Gasteiger partial charge in [0.2, 0.25) is 0 Å². The zero-order valence-electron chi connectivity index (χ0n) is 11.3. The Morgan fingerprint density at radius 3 is 2.57 bits per heavy atom. The van der Waals surface area contributed by atoms with Gasteiger partial charge in [-0.15, -0.1) is 0 Å². The number of anilines is 1. The molecule has 0 amide bonds. The van der Waals surface area contributed by atoms with E-state index in [2.05, 4.69) is 5.32 Å². The first-order valence-electron chi connectivity index (χ1n) is 6.16. The summed E-state index contributed by atoms with van der Waals surface area (Å²) in [5.74, 6) is 0.000427. The standard InChI is InChI=1S/C16H13ClFNO2/c1-21-13-5-2-11(3-6-13)16(20)8-9-19-15-7-4-12(17)10-14(15)18/h2-10,19H,1H3/b9-8+. The zero-order valence-corrected chi connectivity index (χ0v) is 12.0. The predicted molar refractivity (Wildman–Crippen MR) is 81.5 cm³/mol. The number of benzene rings is 2. The van der Waals surface area contributed by atoms with Crippen LogP contribution in [0.5, 0.6) is 5.75 Å². The summed E-state index contributed by atoms with van der Waals surface area (Å²) in [6, 6.07) is 11.0. The Kier molecular flexibility index (Phi) is 4.95. The molecule has 0 aliphatic heterocycles. The Bertz CT molecular complexity index is 668. The van der Waals surface area contributed by atoms with E-state index in [0.717, 1.165) is 0 Å². The Morgan fingerprint density at radius 2 is 1.95 bits per heavy atom. The van der Waals surface area contributed by atoms with Crippen molar-refractivity contribution in [1.82, 2.24) is 0 Å². The van der Waals surface area contributed by atoms with E-state index in [9.17, 15) is 9.18 Å². The lowest BCUT2D eigenvalue weighted by molar-refractivity contribution is 0.104. The fourth-order valence-electron chi connectivity index (χ4n) is 1.67. The molecule has 0 unspecified atom stereocenters. The highest BCUT2D eigenvalue weighted by Crippen LogP contribution is 2.19. The van der Waals surface area contributed by atoms with Gasteiger partial charge in [-0.3, -0.25) is 4.79 Å². The van der Waals surface area contributed by atoms with E-state index >= 15 is 0 Å². The molecular formula is C16H13ClFNO2. The number of allylic oxidation sites excluding steroid dienone is 1. The maximum absolute atomic E-state index is 13.5. The first kappa shape index (κ1) is 15.1. The molecule has 0 radical (unpaired) electrons. The summed E-state index contributed by atoms with van der Waals surface area (Å²) in [5, 5.41) is 3.02. The molecule has 108 valence electrons. The van der Waals surface area contributed by atoms with Gasteiger partial charge in [-0.05, 0) is 42.5 Å². The molecule has 5 heteroatoms. The first-order chi connectivity index (χ1) is 10.1. The molecule has 0 fully saturated rings. The summed E-state index contributed by atoms with van der Waals surface area (Å²) in [7, 11) is 1.56. The SMILES string of the molecule is COc1ccc(C(=O)/C=C/Nc2ccc(Cl)cc2F)cc1. The number of carbonyl (C=O) groups excluding carboxylic acids is 1. The number of carbonyl (C=O) groups is 1. The van der Waals surface area contributed by atoms with Crippen LogP contribution in [-0.4, -0.2) is 12.9 Å². The van der Waals surface area contributed by atoms with Gasteiger partial charge >= 0.3 is 0 Å². The number of hydrogen-bond donors (Lipinski definition) is 1. The molecule has 0 aliphatic carbocycles. The molecule has 0 saturated heterocycles. The Balaban J connectivity index is 2.01. The van der Waals surface area contributed by atoms with E-state index in [1.807, 2.05) is 0 Å². The van der Waals surface area contributed by atoms with Crippen molar-refractivity contribution in [2.75, 3.05) is 12.4 Å². The van der Waals surface area contributed by atoms with Crippen LogP contribution in [0.4, 0.5) is 10.1 Å².